The minimum absolute atomic E-state index is 0.0282. The first-order chi connectivity index (χ1) is 16.0. The van der Waals surface area contributed by atoms with Crippen LogP contribution in [0.2, 0.25) is 0 Å². The summed E-state index contributed by atoms with van der Waals surface area (Å²) in [6.45, 7) is 6.79. The maximum atomic E-state index is 13.8. The van der Waals surface area contributed by atoms with Crippen molar-refractivity contribution in [2.75, 3.05) is 12.0 Å². The summed E-state index contributed by atoms with van der Waals surface area (Å²) in [6, 6.07) is 13.5. The quantitative estimate of drug-likeness (QED) is 0.317. The molecule has 1 unspecified atom stereocenters. The van der Waals surface area contributed by atoms with Crippen molar-refractivity contribution in [2.45, 2.75) is 39.8 Å². The summed E-state index contributed by atoms with van der Waals surface area (Å²) in [6.07, 6.45) is 2.80. The molecule has 4 rings (SSSR count). The minimum Gasteiger partial charge on any atom is -0.493 e. The van der Waals surface area contributed by atoms with Crippen molar-refractivity contribution in [3.05, 3.63) is 70.8 Å². The van der Waals surface area contributed by atoms with Crippen LogP contribution in [0.25, 0.3) is 10.9 Å². The number of aromatic amines is 1. The molecule has 1 N–H and O–H groups in total. The van der Waals surface area contributed by atoms with Gasteiger partial charge in [0.05, 0.1) is 18.3 Å². The Hall–Kier alpha value is -3.32. The number of benzene rings is 2. The van der Waals surface area contributed by atoms with E-state index in [4.69, 9.17) is 9.47 Å². The second-order valence-electron chi connectivity index (χ2n) is 8.54. The van der Waals surface area contributed by atoms with Crippen LogP contribution in [-0.4, -0.2) is 29.0 Å². The van der Waals surface area contributed by atoms with Crippen molar-refractivity contribution >= 4 is 33.8 Å². The molecule has 0 aliphatic carbocycles. The van der Waals surface area contributed by atoms with Gasteiger partial charge in [-0.1, -0.05) is 13.8 Å². The number of hydrogen-bond donors (Lipinski definition) is 1. The topological polar surface area (TPSA) is 67.5 Å². The number of carbonyl (C=O) groups excluding carboxylic acids is 1. The predicted octanol–water partition coefficient (Wildman–Crippen LogP) is 6.29. The van der Waals surface area contributed by atoms with Crippen LogP contribution in [-0.2, 0) is 6.61 Å². The van der Waals surface area contributed by atoms with Gasteiger partial charge in [0.1, 0.15) is 6.61 Å². The van der Waals surface area contributed by atoms with Crippen molar-refractivity contribution in [1.29, 1.82) is 0 Å². The van der Waals surface area contributed by atoms with Gasteiger partial charge in [0.2, 0.25) is 0 Å². The van der Waals surface area contributed by atoms with Gasteiger partial charge in [0, 0.05) is 39.8 Å². The summed E-state index contributed by atoms with van der Waals surface area (Å²) in [5.41, 5.74) is 5.11. The van der Waals surface area contributed by atoms with E-state index in [0.717, 1.165) is 28.7 Å². The van der Waals surface area contributed by atoms with Crippen molar-refractivity contribution in [1.82, 2.24) is 9.97 Å². The third-order valence-electron chi connectivity index (χ3n) is 5.56. The third kappa shape index (κ3) is 5.20. The highest BCUT2D eigenvalue weighted by Gasteiger charge is 2.25. The molecule has 172 valence electrons. The van der Waals surface area contributed by atoms with E-state index in [9.17, 15) is 4.79 Å². The lowest BCUT2D eigenvalue weighted by molar-refractivity contribution is 0.0975. The van der Waals surface area contributed by atoms with Crippen molar-refractivity contribution in [3.8, 4) is 11.5 Å². The number of fused-ring (bicyclic) bond motifs is 1. The van der Waals surface area contributed by atoms with Crippen LogP contribution in [0.1, 0.15) is 43.2 Å². The number of carbonyl (C=O) groups is 1. The molecule has 33 heavy (non-hydrogen) atoms. The van der Waals surface area contributed by atoms with Gasteiger partial charge in [0.15, 0.2) is 11.5 Å². The van der Waals surface area contributed by atoms with Gasteiger partial charge < -0.3 is 19.4 Å². The highest BCUT2D eigenvalue weighted by atomic mass is 32.1. The molecule has 7 heteroatoms. The zero-order chi connectivity index (χ0) is 23.4. The zero-order valence-corrected chi connectivity index (χ0v) is 20.2. The Morgan fingerprint density at radius 3 is 2.70 bits per heavy atom. The van der Waals surface area contributed by atoms with Gasteiger partial charge >= 0.3 is 0 Å². The van der Waals surface area contributed by atoms with E-state index < -0.39 is 0 Å². The molecule has 6 nitrogen and oxygen atoms in total. The molecule has 0 spiro atoms. The first kappa shape index (κ1) is 22.9. The maximum Gasteiger partial charge on any atom is 0.258 e. The molecule has 1 amide bonds. The molecule has 0 aliphatic rings. The Bertz CT molecular complexity index is 1220. The number of rotatable bonds is 9. The fraction of sp³-hybridized carbons (Fsp3) is 0.308. The molecule has 1 atom stereocenters. The largest absolute Gasteiger partial charge is 0.493 e. The number of hydrogen-bond acceptors (Lipinski definition) is 5. The van der Waals surface area contributed by atoms with Crippen LogP contribution in [0.4, 0.5) is 5.69 Å². The first-order valence-electron chi connectivity index (χ1n) is 11.0. The smallest absolute Gasteiger partial charge is 0.258 e. The van der Waals surface area contributed by atoms with E-state index in [1.165, 1.54) is 11.3 Å². The minimum atomic E-state index is -0.0672. The van der Waals surface area contributed by atoms with Gasteiger partial charge in [-0.3, -0.25) is 4.79 Å². The monoisotopic (exact) mass is 463 g/mol. The molecule has 0 saturated heterocycles. The third-order valence-corrected chi connectivity index (χ3v) is 6.19. The number of aromatic nitrogens is 2. The van der Waals surface area contributed by atoms with E-state index >= 15 is 0 Å². The molecule has 0 saturated carbocycles. The van der Waals surface area contributed by atoms with E-state index in [-0.39, 0.29) is 11.9 Å². The molecular formula is C26H29N3O3S. The SMILES string of the molecule is COc1cc(C(=O)N(c2ccc3[nH]ccc3c2)C(C)CC(C)C)ccc1OCc1cscn1. The average Bonchev–Trinajstić information content (AvgIpc) is 3.48. The summed E-state index contributed by atoms with van der Waals surface area (Å²) >= 11 is 1.53. The van der Waals surface area contributed by atoms with Gasteiger partial charge in [-0.2, -0.15) is 0 Å². The Morgan fingerprint density at radius 1 is 1.12 bits per heavy atom. The first-order valence-corrected chi connectivity index (χ1v) is 12.0. The lowest BCUT2D eigenvalue weighted by Gasteiger charge is -2.31. The van der Waals surface area contributed by atoms with Crippen LogP contribution in [0.15, 0.2) is 59.6 Å². The molecule has 2 heterocycles. The second-order valence-corrected chi connectivity index (χ2v) is 9.26. The van der Waals surface area contributed by atoms with Gasteiger partial charge in [-0.15, -0.1) is 11.3 Å². The Morgan fingerprint density at radius 2 is 1.97 bits per heavy atom. The maximum absolute atomic E-state index is 13.8. The van der Waals surface area contributed by atoms with Crippen molar-refractivity contribution in [2.24, 2.45) is 5.92 Å². The molecular weight excluding hydrogens is 434 g/mol. The normalized spacial score (nSPS) is 12.2. The van der Waals surface area contributed by atoms with Crippen LogP contribution >= 0.6 is 11.3 Å². The Kier molecular flexibility index (Phi) is 6.99. The standard InChI is InChI=1S/C26H29N3O3S/c1-17(2)11-18(3)29(22-6-7-23-19(12-22)9-10-27-23)26(30)20-5-8-24(25(13-20)31-4)32-14-21-15-33-16-28-21/h5-10,12-13,15-18,27H,11,14H2,1-4H3. The number of ether oxygens (including phenoxy) is 2. The van der Waals surface area contributed by atoms with Crippen molar-refractivity contribution < 1.29 is 14.3 Å². The summed E-state index contributed by atoms with van der Waals surface area (Å²) in [5, 5.41) is 3.02. The van der Waals surface area contributed by atoms with Gasteiger partial charge in [-0.05, 0) is 61.7 Å². The van der Waals surface area contributed by atoms with Crippen molar-refractivity contribution in [3.63, 3.8) is 0 Å². The fourth-order valence-electron chi connectivity index (χ4n) is 4.07. The number of H-pyrrole nitrogens is 1. The molecule has 4 aromatic rings. The number of nitrogens with zero attached hydrogens (tertiary/aromatic N) is 2. The van der Waals surface area contributed by atoms with Gasteiger partial charge in [-0.25, -0.2) is 4.98 Å². The fourth-order valence-corrected chi connectivity index (χ4v) is 4.61. The summed E-state index contributed by atoms with van der Waals surface area (Å²) in [5.74, 6) is 1.50. The number of nitrogens with one attached hydrogen (secondary N) is 1. The molecule has 2 aromatic carbocycles. The lowest BCUT2D eigenvalue weighted by atomic mass is 10.0. The van der Waals surface area contributed by atoms with Gasteiger partial charge in [0.25, 0.3) is 5.91 Å². The number of amides is 1. The summed E-state index contributed by atoms with van der Waals surface area (Å²) in [4.78, 5) is 23.1. The average molecular weight is 464 g/mol. The highest BCUT2D eigenvalue weighted by Crippen LogP contribution is 2.32. The molecule has 0 radical (unpaired) electrons. The number of thiazole rings is 1. The molecule has 0 aliphatic heterocycles. The zero-order valence-electron chi connectivity index (χ0n) is 19.4. The van der Waals surface area contributed by atoms with E-state index in [2.05, 4.69) is 36.8 Å². The summed E-state index contributed by atoms with van der Waals surface area (Å²) < 4.78 is 11.4. The molecule has 0 bridgehead atoms. The number of methoxy groups -OCH3 is 1. The Balaban J connectivity index is 1.64. The van der Waals surface area contributed by atoms with Crippen LogP contribution in [0.5, 0.6) is 11.5 Å². The highest BCUT2D eigenvalue weighted by molar-refractivity contribution is 7.07. The predicted molar refractivity (Wildman–Crippen MR) is 133 cm³/mol. The van der Waals surface area contributed by atoms with E-state index in [0.29, 0.717) is 29.6 Å². The van der Waals surface area contributed by atoms with E-state index in [1.807, 2.05) is 34.7 Å². The Labute approximate surface area is 198 Å². The van der Waals surface area contributed by atoms with Crippen LogP contribution < -0.4 is 14.4 Å². The van der Waals surface area contributed by atoms with Crippen LogP contribution in [0.3, 0.4) is 0 Å². The molecule has 0 fully saturated rings. The summed E-state index contributed by atoms with van der Waals surface area (Å²) in [7, 11) is 1.58. The second kappa shape index (κ2) is 10.1. The lowest BCUT2D eigenvalue weighted by Crippen LogP contribution is -2.39. The van der Waals surface area contributed by atoms with E-state index in [1.54, 1.807) is 30.8 Å². The van der Waals surface area contributed by atoms with Crippen LogP contribution in [0, 0.1) is 5.92 Å². The molecule has 2 aromatic heterocycles. The number of anilines is 1.